The second-order valence-corrected chi connectivity index (χ2v) is 4.47. The summed E-state index contributed by atoms with van der Waals surface area (Å²) in [4.78, 5) is 14.6. The molecule has 2 heteroatoms. The lowest BCUT2D eigenvalue weighted by molar-refractivity contribution is -0.120. The predicted molar refractivity (Wildman–Crippen MR) is 63.4 cm³/mol. The van der Waals surface area contributed by atoms with Crippen molar-refractivity contribution >= 4 is 11.5 Å². The van der Waals surface area contributed by atoms with Crippen LogP contribution >= 0.6 is 0 Å². The summed E-state index contributed by atoms with van der Waals surface area (Å²) in [6, 6.07) is 7.81. The topological polar surface area (TPSA) is 21.4 Å². The molecule has 0 unspecified atom stereocenters. The summed E-state index contributed by atoms with van der Waals surface area (Å²) < 4.78 is 0. The molecule has 0 saturated heterocycles. The van der Waals surface area contributed by atoms with E-state index in [1.165, 1.54) is 5.56 Å². The molecule has 0 spiro atoms. The van der Waals surface area contributed by atoms with E-state index in [2.05, 4.69) is 10.9 Å². The standard InChI is InChI=1S/C14H15NO/c1-15-13-4-2-3-12(10-13)9-11-5-7-14(16)8-6-11/h2-4,10-11H,5-9H2. The minimum absolute atomic E-state index is 0.408. The Morgan fingerprint density at radius 2 is 2.06 bits per heavy atom. The molecule has 1 saturated carbocycles. The third-order valence-electron chi connectivity index (χ3n) is 3.23. The first-order valence-electron chi connectivity index (χ1n) is 5.76. The van der Waals surface area contributed by atoms with Crippen LogP contribution in [0.3, 0.4) is 0 Å². The molecular formula is C14H15NO. The minimum Gasteiger partial charge on any atom is -0.300 e. The molecule has 1 fully saturated rings. The van der Waals surface area contributed by atoms with Crippen molar-refractivity contribution in [1.82, 2.24) is 0 Å². The van der Waals surface area contributed by atoms with Gasteiger partial charge in [-0.1, -0.05) is 29.8 Å². The normalized spacial score (nSPS) is 17.1. The second-order valence-electron chi connectivity index (χ2n) is 4.47. The van der Waals surface area contributed by atoms with E-state index in [1.54, 1.807) is 0 Å². The van der Waals surface area contributed by atoms with Crippen molar-refractivity contribution in [2.75, 3.05) is 0 Å². The SMILES string of the molecule is [C-]#[N+]c1cccc(CC2CCC(=O)CC2)c1. The predicted octanol–water partition coefficient (Wildman–Crippen LogP) is 3.54. The van der Waals surface area contributed by atoms with Crippen molar-refractivity contribution < 1.29 is 4.79 Å². The largest absolute Gasteiger partial charge is 0.300 e. The maximum atomic E-state index is 11.1. The number of carbonyl (C=O) groups is 1. The third-order valence-corrected chi connectivity index (χ3v) is 3.23. The molecule has 1 aliphatic carbocycles. The number of carbonyl (C=O) groups excluding carboxylic acids is 1. The van der Waals surface area contributed by atoms with Crippen LogP contribution in [0.2, 0.25) is 0 Å². The van der Waals surface area contributed by atoms with Crippen molar-refractivity contribution in [3.05, 3.63) is 41.2 Å². The highest BCUT2D eigenvalue weighted by Crippen LogP contribution is 2.26. The highest BCUT2D eigenvalue weighted by atomic mass is 16.1. The van der Waals surface area contributed by atoms with Gasteiger partial charge < -0.3 is 0 Å². The van der Waals surface area contributed by atoms with E-state index in [9.17, 15) is 4.79 Å². The van der Waals surface area contributed by atoms with Crippen LogP contribution in [0.5, 0.6) is 0 Å². The first-order valence-corrected chi connectivity index (χ1v) is 5.76. The highest BCUT2D eigenvalue weighted by molar-refractivity contribution is 5.79. The molecule has 82 valence electrons. The summed E-state index contributed by atoms with van der Waals surface area (Å²) in [7, 11) is 0. The minimum atomic E-state index is 0.408. The van der Waals surface area contributed by atoms with Gasteiger partial charge in [0.2, 0.25) is 0 Å². The molecule has 0 heterocycles. The van der Waals surface area contributed by atoms with Gasteiger partial charge in [0, 0.05) is 12.8 Å². The van der Waals surface area contributed by atoms with Crippen LogP contribution in [0.15, 0.2) is 24.3 Å². The molecule has 0 aromatic heterocycles. The number of Topliss-reactive ketones (excluding diaryl/α,β-unsaturated/α-hetero) is 1. The fourth-order valence-electron chi connectivity index (χ4n) is 2.29. The molecule has 2 nitrogen and oxygen atoms in total. The smallest absolute Gasteiger partial charge is 0.187 e. The van der Waals surface area contributed by atoms with E-state index in [4.69, 9.17) is 6.57 Å². The molecule has 1 aromatic carbocycles. The van der Waals surface area contributed by atoms with Gasteiger partial charge in [-0.05, 0) is 25.2 Å². The fourth-order valence-corrected chi connectivity index (χ4v) is 2.29. The van der Waals surface area contributed by atoms with Crippen LogP contribution in [0, 0.1) is 12.5 Å². The Bertz CT molecular complexity index is 421. The molecule has 2 rings (SSSR count). The number of ketones is 1. The van der Waals surface area contributed by atoms with E-state index < -0.39 is 0 Å². The summed E-state index contributed by atoms with van der Waals surface area (Å²) in [6.07, 6.45) is 4.53. The van der Waals surface area contributed by atoms with Crippen LogP contribution in [0.1, 0.15) is 31.2 Å². The van der Waals surface area contributed by atoms with Crippen molar-refractivity contribution in [3.8, 4) is 0 Å². The summed E-state index contributed by atoms with van der Waals surface area (Å²) in [5, 5.41) is 0. The Morgan fingerprint density at radius 3 is 2.75 bits per heavy atom. The zero-order chi connectivity index (χ0) is 11.4. The summed E-state index contributed by atoms with van der Waals surface area (Å²) >= 11 is 0. The lowest BCUT2D eigenvalue weighted by Crippen LogP contribution is -2.15. The van der Waals surface area contributed by atoms with Gasteiger partial charge in [-0.2, -0.15) is 0 Å². The Hall–Kier alpha value is -1.62. The lowest BCUT2D eigenvalue weighted by Gasteiger charge is -2.20. The molecular weight excluding hydrogens is 198 g/mol. The lowest BCUT2D eigenvalue weighted by atomic mass is 9.84. The average Bonchev–Trinajstić information content (AvgIpc) is 2.32. The van der Waals surface area contributed by atoms with E-state index in [0.717, 1.165) is 32.1 Å². The van der Waals surface area contributed by atoms with E-state index >= 15 is 0 Å². The molecule has 1 aromatic rings. The van der Waals surface area contributed by atoms with Crippen molar-refractivity contribution in [2.45, 2.75) is 32.1 Å². The molecule has 0 N–H and O–H groups in total. The average molecular weight is 213 g/mol. The molecule has 0 aliphatic heterocycles. The molecule has 1 aliphatic rings. The molecule has 0 amide bonds. The fraction of sp³-hybridized carbons (Fsp3) is 0.429. The maximum Gasteiger partial charge on any atom is 0.187 e. The van der Waals surface area contributed by atoms with Crippen LogP contribution < -0.4 is 0 Å². The van der Waals surface area contributed by atoms with Crippen molar-refractivity contribution in [2.24, 2.45) is 5.92 Å². The zero-order valence-corrected chi connectivity index (χ0v) is 9.28. The van der Waals surface area contributed by atoms with Gasteiger partial charge in [0.25, 0.3) is 0 Å². The molecule has 0 radical (unpaired) electrons. The first kappa shape index (κ1) is 10.9. The molecule has 0 atom stereocenters. The van der Waals surface area contributed by atoms with Gasteiger partial charge in [-0.15, -0.1) is 0 Å². The number of benzene rings is 1. The van der Waals surface area contributed by atoms with Crippen LogP contribution in [-0.4, -0.2) is 5.78 Å². The van der Waals surface area contributed by atoms with Gasteiger partial charge in [-0.3, -0.25) is 4.79 Å². The van der Waals surface area contributed by atoms with E-state index in [0.29, 0.717) is 17.4 Å². The van der Waals surface area contributed by atoms with Gasteiger partial charge >= 0.3 is 0 Å². The Labute approximate surface area is 96.1 Å². The molecule has 16 heavy (non-hydrogen) atoms. The van der Waals surface area contributed by atoms with Crippen molar-refractivity contribution in [3.63, 3.8) is 0 Å². The van der Waals surface area contributed by atoms with Gasteiger partial charge in [0.15, 0.2) is 5.69 Å². The van der Waals surface area contributed by atoms with Crippen molar-refractivity contribution in [1.29, 1.82) is 0 Å². The summed E-state index contributed by atoms with van der Waals surface area (Å²) in [5.41, 5.74) is 1.94. The van der Waals surface area contributed by atoms with Crippen LogP contribution in [0.4, 0.5) is 5.69 Å². The summed E-state index contributed by atoms with van der Waals surface area (Å²) in [6.45, 7) is 6.97. The first-order chi connectivity index (χ1) is 7.78. The highest BCUT2D eigenvalue weighted by Gasteiger charge is 2.18. The van der Waals surface area contributed by atoms with Gasteiger partial charge in [0.1, 0.15) is 5.78 Å². The van der Waals surface area contributed by atoms with E-state index in [1.807, 2.05) is 18.2 Å². The van der Waals surface area contributed by atoms with Crippen LogP contribution in [0.25, 0.3) is 4.85 Å². The number of nitrogens with zero attached hydrogens (tertiary/aromatic N) is 1. The Balaban J connectivity index is 1.98. The Kier molecular flexibility index (Phi) is 3.36. The second kappa shape index (κ2) is 4.94. The van der Waals surface area contributed by atoms with Gasteiger partial charge in [-0.25, -0.2) is 4.85 Å². The van der Waals surface area contributed by atoms with Gasteiger partial charge in [0.05, 0.1) is 6.57 Å². The maximum absolute atomic E-state index is 11.1. The van der Waals surface area contributed by atoms with E-state index in [-0.39, 0.29) is 0 Å². The monoisotopic (exact) mass is 213 g/mol. The molecule has 0 bridgehead atoms. The zero-order valence-electron chi connectivity index (χ0n) is 9.28. The third kappa shape index (κ3) is 2.70. The quantitative estimate of drug-likeness (QED) is 0.688. The number of hydrogen-bond acceptors (Lipinski definition) is 1. The summed E-state index contributed by atoms with van der Waals surface area (Å²) in [5.74, 6) is 1.03. The number of rotatable bonds is 2. The van der Waals surface area contributed by atoms with Crippen LogP contribution in [-0.2, 0) is 11.2 Å². The Morgan fingerprint density at radius 1 is 1.31 bits per heavy atom. The number of hydrogen-bond donors (Lipinski definition) is 0.